The minimum atomic E-state index is -0.437. The van der Waals surface area contributed by atoms with Crippen LogP contribution in [0.1, 0.15) is 22.8 Å². The summed E-state index contributed by atoms with van der Waals surface area (Å²) in [4.78, 5) is 26.0. The fourth-order valence-electron chi connectivity index (χ4n) is 2.23. The maximum Gasteiger partial charge on any atom is 0.269 e. The van der Waals surface area contributed by atoms with Crippen molar-refractivity contribution in [2.75, 3.05) is 25.6 Å². The standard InChI is InChI=1S/C20H23N3O3/c1-4-26-18-11-6-5-8-15(18)12-13-19(24)21-22-20(25)16-9-7-10-17(14-16)23(2)3/h5-14H,4H2,1-3H3,(H,21,24)(H,22,25)/b13-12+. The molecule has 0 radical (unpaired) electrons. The van der Waals surface area contributed by atoms with E-state index in [9.17, 15) is 9.59 Å². The summed E-state index contributed by atoms with van der Waals surface area (Å²) in [5.41, 5.74) is 6.92. The van der Waals surface area contributed by atoms with Crippen LogP contribution < -0.4 is 20.5 Å². The largest absolute Gasteiger partial charge is 0.493 e. The van der Waals surface area contributed by atoms with Crippen molar-refractivity contribution in [2.45, 2.75) is 6.92 Å². The van der Waals surface area contributed by atoms with Crippen LogP contribution in [0.15, 0.2) is 54.6 Å². The molecule has 0 spiro atoms. The van der Waals surface area contributed by atoms with Crippen LogP contribution in [0.2, 0.25) is 0 Å². The number of para-hydroxylation sites is 1. The van der Waals surface area contributed by atoms with E-state index >= 15 is 0 Å². The Morgan fingerprint density at radius 3 is 2.58 bits per heavy atom. The van der Waals surface area contributed by atoms with E-state index in [2.05, 4.69) is 10.9 Å². The molecular formula is C20H23N3O3. The van der Waals surface area contributed by atoms with Gasteiger partial charge in [-0.25, -0.2) is 0 Å². The van der Waals surface area contributed by atoms with Gasteiger partial charge < -0.3 is 9.64 Å². The van der Waals surface area contributed by atoms with Crippen molar-refractivity contribution in [3.63, 3.8) is 0 Å². The van der Waals surface area contributed by atoms with Crippen LogP contribution in [0.25, 0.3) is 6.08 Å². The van der Waals surface area contributed by atoms with Crippen molar-refractivity contribution >= 4 is 23.6 Å². The van der Waals surface area contributed by atoms with Crippen LogP contribution >= 0.6 is 0 Å². The summed E-state index contributed by atoms with van der Waals surface area (Å²) in [7, 11) is 3.79. The Bertz CT molecular complexity index is 800. The van der Waals surface area contributed by atoms with Crippen LogP contribution in [-0.2, 0) is 4.79 Å². The Kier molecular flexibility index (Phi) is 6.79. The minimum Gasteiger partial charge on any atom is -0.493 e. The van der Waals surface area contributed by atoms with Gasteiger partial charge in [0.15, 0.2) is 0 Å². The van der Waals surface area contributed by atoms with Gasteiger partial charge in [-0.2, -0.15) is 0 Å². The highest BCUT2D eigenvalue weighted by atomic mass is 16.5. The van der Waals surface area contributed by atoms with Gasteiger partial charge in [0.2, 0.25) is 0 Å². The monoisotopic (exact) mass is 353 g/mol. The maximum atomic E-state index is 12.1. The lowest BCUT2D eigenvalue weighted by Gasteiger charge is -2.13. The van der Waals surface area contributed by atoms with E-state index in [-0.39, 0.29) is 5.91 Å². The predicted molar refractivity (Wildman–Crippen MR) is 103 cm³/mol. The molecule has 2 aromatic carbocycles. The second-order valence-electron chi connectivity index (χ2n) is 5.69. The first kappa shape index (κ1) is 19.1. The first-order chi connectivity index (χ1) is 12.5. The molecule has 6 heteroatoms. The van der Waals surface area contributed by atoms with Gasteiger partial charge >= 0.3 is 0 Å². The highest BCUT2D eigenvalue weighted by Crippen LogP contribution is 2.19. The van der Waals surface area contributed by atoms with E-state index in [0.717, 1.165) is 11.3 Å². The second-order valence-corrected chi connectivity index (χ2v) is 5.69. The Morgan fingerprint density at radius 2 is 1.85 bits per heavy atom. The molecule has 26 heavy (non-hydrogen) atoms. The molecule has 0 fully saturated rings. The quantitative estimate of drug-likeness (QED) is 0.619. The fourth-order valence-corrected chi connectivity index (χ4v) is 2.23. The Morgan fingerprint density at radius 1 is 1.08 bits per heavy atom. The second kappa shape index (κ2) is 9.27. The van der Waals surface area contributed by atoms with Gasteiger partial charge in [0.1, 0.15) is 5.75 Å². The van der Waals surface area contributed by atoms with E-state index in [4.69, 9.17) is 4.74 Å². The Hall–Kier alpha value is -3.28. The summed E-state index contributed by atoms with van der Waals surface area (Å²) in [5, 5.41) is 0. The average Bonchev–Trinajstić information content (AvgIpc) is 2.65. The summed E-state index contributed by atoms with van der Waals surface area (Å²) >= 11 is 0. The predicted octanol–water partition coefficient (Wildman–Crippen LogP) is 2.63. The van der Waals surface area contributed by atoms with Crippen molar-refractivity contribution in [3.8, 4) is 5.75 Å². The van der Waals surface area contributed by atoms with Gasteiger partial charge in [0.25, 0.3) is 11.8 Å². The van der Waals surface area contributed by atoms with Crippen molar-refractivity contribution in [1.29, 1.82) is 0 Å². The number of benzene rings is 2. The van der Waals surface area contributed by atoms with Crippen LogP contribution in [0, 0.1) is 0 Å². The van der Waals surface area contributed by atoms with E-state index in [0.29, 0.717) is 17.9 Å². The van der Waals surface area contributed by atoms with Crippen molar-refractivity contribution in [1.82, 2.24) is 10.9 Å². The molecule has 0 unspecified atom stereocenters. The lowest BCUT2D eigenvalue weighted by atomic mass is 10.2. The molecular weight excluding hydrogens is 330 g/mol. The zero-order valence-electron chi connectivity index (χ0n) is 15.2. The Labute approximate surface area is 153 Å². The topological polar surface area (TPSA) is 70.7 Å². The number of nitrogens with one attached hydrogen (secondary N) is 2. The smallest absolute Gasteiger partial charge is 0.269 e. The third-order valence-electron chi connectivity index (χ3n) is 3.56. The zero-order valence-corrected chi connectivity index (χ0v) is 15.2. The summed E-state index contributed by atoms with van der Waals surface area (Å²) in [6.07, 6.45) is 2.98. The summed E-state index contributed by atoms with van der Waals surface area (Å²) in [5.74, 6) is -0.123. The number of carbonyl (C=O) groups excluding carboxylic acids is 2. The first-order valence-corrected chi connectivity index (χ1v) is 8.29. The molecule has 0 saturated heterocycles. The molecule has 0 atom stereocenters. The molecule has 0 bridgehead atoms. The van der Waals surface area contributed by atoms with Crippen LogP contribution in [0.4, 0.5) is 5.69 Å². The number of hydrazine groups is 1. The van der Waals surface area contributed by atoms with E-state index in [1.165, 1.54) is 6.08 Å². The van der Waals surface area contributed by atoms with Crippen molar-refractivity contribution < 1.29 is 14.3 Å². The molecule has 0 saturated carbocycles. The van der Waals surface area contributed by atoms with Gasteiger partial charge in [-0.3, -0.25) is 20.4 Å². The molecule has 0 aliphatic carbocycles. The van der Waals surface area contributed by atoms with Crippen LogP contribution in [-0.4, -0.2) is 32.5 Å². The van der Waals surface area contributed by atoms with Crippen LogP contribution in [0.3, 0.4) is 0 Å². The highest BCUT2D eigenvalue weighted by molar-refractivity contribution is 5.98. The molecule has 6 nitrogen and oxygen atoms in total. The lowest BCUT2D eigenvalue weighted by Crippen LogP contribution is -2.40. The summed E-state index contributed by atoms with van der Waals surface area (Å²) in [6, 6.07) is 14.5. The third kappa shape index (κ3) is 5.37. The number of rotatable bonds is 6. The van der Waals surface area contributed by atoms with E-state index < -0.39 is 5.91 Å². The number of hydrogen-bond donors (Lipinski definition) is 2. The lowest BCUT2D eigenvalue weighted by molar-refractivity contribution is -0.117. The molecule has 2 amide bonds. The Balaban J connectivity index is 1.94. The summed E-state index contributed by atoms with van der Waals surface area (Å²) < 4.78 is 5.50. The molecule has 0 aromatic heterocycles. The van der Waals surface area contributed by atoms with Gasteiger partial charge in [0, 0.05) is 37.0 Å². The number of ether oxygens (including phenoxy) is 1. The van der Waals surface area contributed by atoms with Gasteiger partial charge in [0.05, 0.1) is 6.61 Å². The zero-order chi connectivity index (χ0) is 18.9. The normalized spacial score (nSPS) is 10.4. The minimum absolute atomic E-state index is 0.384. The van der Waals surface area contributed by atoms with Gasteiger partial charge in [-0.1, -0.05) is 24.3 Å². The van der Waals surface area contributed by atoms with E-state index in [1.54, 1.807) is 24.3 Å². The summed E-state index contributed by atoms with van der Waals surface area (Å²) in [6.45, 7) is 2.44. The van der Waals surface area contributed by atoms with Crippen molar-refractivity contribution in [3.05, 3.63) is 65.7 Å². The average molecular weight is 353 g/mol. The number of hydrogen-bond acceptors (Lipinski definition) is 4. The SMILES string of the molecule is CCOc1ccccc1/C=C/C(=O)NNC(=O)c1cccc(N(C)C)c1. The molecule has 2 aromatic rings. The molecule has 2 rings (SSSR count). The highest BCUT2D eigenvalue weighted by Gasteiger charge is 2.07. The molecule has 136 valence electrons. The first-order valence-electron chi connectivity index (χ1n) is 8.29. The number of amides is 2. The van der Waals surface area contributed by atoms with Gasteiger partial charge in [-0.15, -0.1) is 0 Å². The van der Waals surface area contributed by atoms with Gasteiger partial charge in [-0.05, 0) is 37.3 Å². The van der Waals surface area contributed by atoms with E-state index in [1.807, 2.05) is 56.3 Å². The number of anilines is 1. The third-order valence-corrected chi connectivity index (χ3v) is 3.56. The van der Waals surface area contributed by atoms with Crippen molar-refractivity contribution in [2.24, 2.45) is 0 Å². The number of carbonyl (C=O) groups is 2. The molecule has 0 aliphatic rings. The molecule has 0 heterocycles. The fraction of sp³-hybridized carbons (Fsp3) is 0.200. The maximum absolute atomic E-state index is 12.1. The number of nitrogens with zero attached hydrogens (tertiary/aromatic N) is 1. The molecule has 0 aliphatic heterocycles. The van der Waals surface area contributed by atoms with Crippen LogP contribution in [0.5, 0.6) is 5.75 Å². The molecule has 2 N–H and O–H groups in total.